The van der Waals surface area contributed by atoms with Crippen molar-refractivity contribution in [2.75, 3.05) is 33.4 Å². The van der Waals surface area contributed by atoms with Crippen LogP contribution in [0.1, 0.15) is 34.1 Å². The van der Waals surface area contributed by atoms with Gasteiger partial charge in [0.25, 0.3) is 0 Å². The van der Waals surface area contributed by atoms with E-state index in [9.17, 15) is 4.79 Å². The van der Waals surface area contributed by atoms with E-state index in [1.54, 1.807) is 7.11 Å². The number of likely N-dealkylation sites (N-methyl/N-ethyl adjacent to an activating group) is 2. The quantitative estimate of drug-likeness (QED) is 0.602. The van der Waals surface area contributed by atoms with Crippen molar-refractivity contribution in [2.45, 2.75) is 45.7 Å². The smallest absolute Gasteiger partial charge is 0.237 e. The van der Waals surface area contributed by atoms with Crippen LogP contribution in [0.3, 0.4) is 0 Å². The summed E-state index contributed by atoms with van der Waals surface area (Å²) in [5.74, 6) is -0.292. The highest BCUT2D eigenvalue weighted by molar-refractivity contribution is 5.84. The fourth-order valence-corrected chi connectivity index (χ4v) is 2.09. The lowest BCUT2D eigenvalue weighted by Gasteiger charge is -2.33. The SMILES string of the molecule is CCNC(C)(CCN(CC)C(C)COC)C(N)=O. The Kier molecular flexibility index (Phi) is 8.15. The molecule has 5 heteroatoms. The van der Waals surface area contributed by atoms with Crippen LogP contribution in [-0.4, -0.2) is 55.7 Å². The minimum absolute atomic E-state index is 0.292. The minimum Gasteiger partial charge on any atom is -0.383 e. The Hall–Kier alpha value is -0.650. The summed E-state index contributed by atoms with van der Waals surface area (Å²) in [4.78, 5) is 13.8. The predicted molar refractivity (Wildman–Crippen MR) is 74.5 cm³/mol. The van der Waals surface area contributed by atoms with Crippen molar-refractivity contribution in [3.63, 3.8) is 0 Å². The van der Waals surface area contributed by atoms with Gasteiger partial charge in [0.05, 0.1) is 12.1 Å². The predicted octanol–water partition coefficient (Wildman–Crippen LogP) is 0.587. The zero-order chi connectivity index (χ0) is 14.2. The Balaban J connectivity index is 4.43. The fourth-order valence-electron chi connectivity index (χ4n) is 2.09. The lowest BCUT2D eigenvalue weighted by molar-refractivity contribution is -0.124. The number of primary amides is 1. The van der Waals surface area contributed by atoms with E-state index in [-0.39, 0.29) is 5.91 Å². The average Bonchev–Trinajstić information content (AvgIpc) is 2.30. The normalized spacial score (nSPS) is 16.6. The molecule has 0 spiro atoms. The maximum Gasteiger partial charge on any atom is 0.237 e. The van der Waals surface area contributed by atoms with Gasteiger partial charge in [-0.15, -0.1) is 0 Å². The molecule has 5 nitrogen and oxygen atoms in total. The van der Waals surface area contributed by atoms with Crippen molar-refractivity contribution < 1.29 is 9.53 Å². The van der Waals surface area contributed by atoms with E-state index in [2.05, 4.69) is 24.1 Å². The highest BCUT2D eigenvalue weighted by atomic mass is 16.5. The second-order valence-corrected chi connectivity index (χ2v) is 4.91. The molecule has 0 aromatic carbocycles. The van der Waals surface area contributed by atoms with Gasteiger partial charge in [-0.25, -0.2) is 0 Å². The number of hydrogen-bond acceptors (Lipinski definition) is 4. The van der Waals surface area contributed by atoms with E-state index in [4.69, 9.17) is 10.5 Å². The molecule has 2 atom stereocenters. The van der Waals surface area contributed by atoms with Crippen LogP contribution < -0.4 is 11.1 Å². The third-order valence-electron chi connectivity index (χ3n) is 3.45. The molecule has 0 aromatic rings. The van der Waals surface area contributed by atoms with Crippen LogP contribution >= 0.6 is 0 Å². The summed E-state index contributed by atoms with van der Waals surface area (Å²) in [5.41, 5.74) is 4.84. The molecule has 0 aliphatic rings. The van der Waals surface area contributed by atoms with Gasteiger partial charge in [0.1, 0.15) is 0 Å². The van der Waals surface area contributed by atoms with E-state index >= 15 is 0 Å². The summed E-state index contributed by atoms with van der Waals surface area (Å²) in [6, 6.07) is 0.346. The van der Waals surface area contributed by atoms with Gasteiger partial charge >= 0.3 is 0 Å². The summed E-state index contributed by atoms with van der Waals surface area (Å²) in [6.07, 6.45) is 0.706. The molecule has 0 aliphatic heterocycles. The maximum absolute atomic E-state index is 11.5. The third kappa shape index (κ3) is 5.33. The molecule has 0 rings (SSSR count). The Morgan fingerprint density at radius 3 is 2.50 bits per heavy atom. The van der Waals surface area contributed by atoms with E-state index < -0.39 is 5.54 Å². The fraction of sp³-hybridized carbons (Fsp3) is 0.923. The van der Waals surface area contributed by atoms with Gasteiger partial charge in [0, 0.05) is 19.7 Å². The first-order chi connectivity index (χ1) is 8.41. The van der Waals surface area contributed by atoms with E-state index in [1.165, 1.54) is 0 Å². The van der Waals surface area contributed by atoms with Crippen LogP contribution in [0.4, 0.5) is 0 Å². The summed E-state index contributed by atoms with van der Waals surface area (Å²) < 4.78 is 5.16. The molecule has 0 heterocycles. The second-order valence-electron chi connectivity index (χ2n) is 4.91. The van der Waals surface area contributed by atoms with Crippen molar-refractivity contribution in [1.29, 1.82) is 0 Å². The molecular formula is C13H29N3O2. The number of carbonyl (C=O) groups excluding carboxylic acids is 1. The first kappa shape index (κ1) is 17.4. The van der Waals surface area contributed by atoms with Crippen LogP contribution in [0.5, 0.6) is 0 Å². The van der Waals surface area contributed by atoms with Gasteiger partial charge in [-0.05, 0) is 33.4 Å². The molecule has 2 unspecified atom stereocenters. The van der Waals surface area contributed by atoms with Gasteiger partial charge in [-0.1, -0.05) is 13.8 Å². The van der Waals surface area contributed by atoms with Crippen LogP contribution in [0, 0.1) is 0 Å². The van der Waals surface area contributed by atoms with Crippen LogP contribution in [-0.2, 0) is 9.53 Å². The van der Waals surface area contributed by atoms with Crippen molar-refractivity contribution in [1.82, 2.24) is 10.2 Å². The number of amides is 1. The number of carbonyl (C=O) groups is 1. The maximum atomic E-state index is 11.5. The Morgan fingerprint density at radius 1 is 1.50 bits per heavy atom. The Morgan fingerprint density at radius 2 is 2.11 bits per heavy atom. The molecule has 1 amide bonds. The summed E-state index contributed by atoms with van der Waals surface area (Å²) in [7, 11) is 1.70. The van der Waals surface area contributed by atoms with Gasteiger partial charge in [0.2, 0.25) is 5.91 Å². The van der Waals surface area contributed by atoms with Crippen molar-refractivity contribution in [2.24, 2.45) is 5.73 Å². The van der Waals surface area contributed by atoms with Crippen molar-refractivity contribution >= 4 is 5.91 Å². The minimum atomic E-state index is -0.630. The number of ether oxygens (including phenoxy) is 1. The monoisotopic (exact) mass is 259 g/mol. The number of rotatable bonds is 10. The lowest BCUT2D eigenvalue weighted by atomic mass is 9.96. The second kappa shape index (κ2) is 8.45. The number of nitrogens with one attached hydrogen (secondary N) is 1. The highest BCUT2D eigenvalue weighted by Gasteiger charge is 2.30. The highest BCUT2D eigenvalue weighted by Crippen LogP contribution is 2.12. The number of hydrogen-bond donors (Lipinski definition) is 2. The standard InChI is InChI=1S/C13H29N3O2/c1-6-15-13(4,12(14)17)8-9-16(7-2)11(3)10-18-5/h11,15H,6-10H2,1-5H3,(H2,14,17). The van der Waals surface area contributed by atoms with Crippen LogP contribution in [0.2, 0.25) is 0 Å². The zero-order valence-corrected chi connectivity index (χ0v) is 12.5. The van der Waals surface area contributed by atoms with E-state index in [0.717, 1.165) is 19.6 Å². The molecule has 0 saturated carbocycles. The molecule has 3 N–H and O–H groups in total. The largest absolute Gasteiger partial charge is 0.383 e. The Bertz CT molecular complexity index is 248. The summed E-state index contributed by atoms with van der Waals surface area (Å²) >= 11 is 0. The van der Waals surface area contributed by atoms with Gasteiger partial charge in [0.15, 0.2) is 0 Å². The lowest BCUT2D eigenvalue weighted by Crippen LogP contribution is -2.55. The molecular weight excluding hydrogens is 230 g/mol. The molecule has 0 bridgehead atoms. The first-order valence-corrected chi connectivity index (χ1v) is 6.69. The van der Waals surface area contributed by atoms with Crippen molar-refractivity contribution in [3.05, 3.63) is 0 Å². The summed E-state index contributed by atoms with van der Waals surface area (Å²) in [5, 5.41) is 3.18. The van der Waals surface area contributed by atoms with E-state index in [1.807, 2.05) is 13.8 Å². The molecule has 0 aromatic heterocycles. The van der Waals surface area contributed by atoms with Gasteiger partial charge in [-0.2, -0.15) is 0 Å². The first-order valence-electron chi connectivity index (χ1n) is 6.69. The third-order valence-corrected chi connectivity index (χ3v) is 3.45. The van der Waals surface area contributed by atoms with Gasteiger partial charge < -0.3 is 15.8 Å². The topological polar surface area (TPSA) is 67.6 Å². The van der Waals surface area contributed by atoms with Crippen LogP contribution in [0.15, 0.2) is 0 Å². The summed E-state index contributed by atoms with van der Waals surface area (Å²) in [6.45, 7) is 11.3. The number of nitrogens with zero attached hydrogens (tertiary/aromatic N) is 1. The molecule has 0 radical (unpaired) electrons. The number of methoxy groups -OCH3 is 1. The molecule has 0 aliphatic carbocycles. The average molecular weight is 259 g/mol. The molecule has 108 valence electrons. The van der Waals surface area contributed by atoms with E-state index in [0.29, 0.717) is 19.1 Å². The van der Waals surface area contributed by atoms with Crippen molar-refractivity contribution in [3.8, 4) is 0 Å². The molecule has 0 saturated heterocycles. The Labute approximate surface area is 111 Å². The molecule has 0 fully saturated rings. The molecule has 18 heavy (non-hydrogen) atoms. The van der Waals surface area contributed by atoms with Gasteiger partial charge in [-0.3, -0.25) is 9.69 Å². The zero-order valence-electron chi connectivity index (χ0n) is 12.5. The number of nitrogens with two attached hydrogens (primary N) is 1. The van der Waals surface area contributed by atoms with Crippen LogP contribution in [0.25, 0.3) is 0 Å².